The lowest BCUT2D eigenvalue weighted by Crippen LogP contribution is -2.21. The fourth-order valence-electron chi connectivity index (χ4n) is 3.04. The molecule has 0 heterocycles. The summed E-state index contributed by atoms with van der Waals surface area (Å²) in [7, 11) is 2.91. The molecule has 3 aromatic carbocycles. The minimum absolute atomic E-state index is 0.163. The van der Waals surface area contributed by atoms with E-state index in [4.69, 9.17) is 18.9 Å². The predicted octanol–water partition coefficient (Wildman–Crippen LogP) is 3.83. The SMILES string of the molecule is COc1ccccc1NC(=O)COc1ccc(C(=O)OCC(=O)Nc2ccc(C)cc2)cc1OC. The molecule has 3 aromatic rings. The summed E-state index contributed by atoms with van der Waals surface area (Å²) < 4.78 is 21.1. The Hall–Kier alpha value is -4.53. The molecule has 0 saturated carbocycles. The summed E-state index contributed by atoms with van der Waals surface area (Å²) in [5.74, 6) is -0.559. The number of para-hydroxylation sites is 2. The van der Waals surface area contributed by atoms with Crippen molar-refractivity contribution in [2.75, 3.05) is 38.1 Å². The van der Waals surface area contributed by atoms with Gasteiger partial charge in [0.25, 0.3) is 11.8 Å². The molecule has 182 valence electrons. The lowest BCUT2D eigenvalue weighted by molar-refractivity contribution is -0.119. The van der Waals surface area contributed by atoms with E-state index in [0.29, 0.717) is 17.1 Å². The fraction of sp³-hybridized carbons (Fsp3) is 0.192. The van der Waals surface area contributed by atoms with E-state index < -0.39 is 24.4 Å². The molecule has 3 rings (SSSR count). The molecule has 0 aromatic heterocycles. The van der Waals surface area contributed by atoms with E-state index in [1.807, 2.05) is 19.1 Å². The molecule has 35 heavy (non-hydrogen) atoms. The van der Waals surface area contributed by atoms with Crippen LogP contribution in [0.25, 0.3) is 0 Å². The monoisotopic (exact) mass is 478 g/mol. The number of hydrogen-bond donors (Lipinski definition) is 2. The summed E-state index contributed by atoms with van der Waals surface area (Å²) in [6.07, 6.45) is 0. The van der Waals surface area contributed by atoms with Crippen LogP contribution in [-0.2, 0) is 14.3 Å². The first-order chi connectivity index (χ1) is 16.9. The van der Waals surface area contributed by atoms with Gasteiger partial charge in [0.1, 0.15) is 5.75 Å². The number of carbonyl (C=O) groups excluding carboxylic acids is 3. The summed E-state index contributed by atoms with van der Waals surface area (Å²) in [4.78, 5) is 36.7. The molecule has 2 N–H and O–H groups in total. The van der Waals surface area contributed by atoms with Crippen molar-refractivity contribution in [1.82, 2.24) is 0 Å². The van der Waals surface area contributed by atoms with Gasteiger partial charge < -0.3 is 29.6 Å². The third kappa shape index (κ3) is 7.23. The molecule has 0 spiro atoms. The highest BCUT2D eigenvalue weighted by Gasteiger charge is 2.15. The number of aryl methyl sites for hydroxylation is 1. The third-order valence-electron chi connectivity index (χ3n) is 4.81. The van der Waals surface area contributed by atoms with Crippen LogP contribution in [0.4, 0.5) is 11.4 Å². The van der Waals surface area contributed by atoms with E-state index in [1.54, 1.807) is 36.4 Å². The van der Waals surface area contributed by atoms with Crippen LogP contribution in [0, 0.1) is 6.92 Å². The first-order valence-electron chi connectivity index (χ1n) is 10.7. The van der Waals surface area contributed by atoms with Crippen molar-refractivity contribution in [2.24, 2.45) is 0 Å². The number of esters is 1. The van der Waals surface area contributed by atoms with Crippen molar-refractivity contribution in [2.45, 2.75) is 6.92 Å². The topological polar surface area (TPSA) is 112 Å². The number of anilines is 2. The van der Waals surface area contributed by atoms with Crippen molar-refractivity contribution in [3.8, 4) is 17.2 Å². The Morgan fingerprint density at radius 1 is 0.743 bits per heavy atom. The van der Waals surface area contributed by atoms with Gasteiger partial charge in [0, 0.05) is 5.69 Å². The highest BCUT2D eigenvalue weighted by atomic mass is 16.5. The van der Waals surface area contributed by atoms with Gasteiger partial charge in [-0.25, -0.2) is 4.79 Å². The normalized spacial score (nSPS) is 10.1. The average molecular weight is 479 g/mol. The molecule has 0 atom stereocenters. The van der Waals surface area contributed by atoms with Crippen molar-refractivity contribution < 1.29 is 33.3 Å². The molecular weight excluding hydrogens is 452 g/mol. The van der Waals surface area contributed by atoms with Crippen LogP contribution in [0.15, 0.2) is 66.7 Å². The molecule has 0 aliphatic rings. The molecular formula is C26H26N2O7. The van der Waals surface area contributed by atoms with Gasteiger partial charge >= 0.3 is 5.97 Å². The largest absolute Gasteiger partial charge is 0.495 e. The van der Waals surface area contributed by atoms with Crippen molar-refractivity contribution >= 4 is 29.2 Å². The van der Waals surface area contributed by atoms with E-state index in [2.05, 4.69) is 10.6 Å². The summed E-state index contributed by atoms with van der Waals surface area (Å²) in [5.41, 5.74) is 2.35. The summed E-state index contributed by atoms with van der Waals surface area (Å²) in [5, 5.41) is 5.36. The highest BCUT2D eigenvalue weighted by Crippen LogP contribution is 2.29. The molecule has 0 radical (unpaired) electrons. The third-order valence-corrected chi connectivity index (χ3v) is 4.81. The molecule has 9 heteroatoms. The van der Waals surface area contributed by atoms with Gasteiger partial charge in [-0.15, -0.1) is 0 Å². The number of ether oxygens (including phenoxy) is 4. The highest BCUT2D eigenvalue weighted by molar-refractivity contribution is 5.96. The molecule has 0 aliphatic heterocycles. The van der Waals surface area contributed by atoms with Crippen LogP contribution < -0.4 is 24.8 Å². The summed E-state index contributed by atoms with van der Waals surface area (Å²) >= 11 is 0. The van der Waals surface area contributed by atoms with E-state index in [1.165, 1.54) is 32.4 Å². The summed E-state index contributed by atoms with van der Waals surface area (Å²) in [6, 6.07) is 18.6. The van der Waals surface area contributed by atoms with Gasteiger partial charge in [-0.2, -0.15) is 0 Å². The first kappa shape index (κ1) is 25.1. The Bertz CT molecular complexity index is 1190. The molecule has 9 nitrogen and oxygen atoms in total. The molecule has 0 bridgehead atoms. The van der Waals surface area contributed by atoms with Gasteiger partial charge in [-0.1, -0.05) is 29.8 Å². The number of hydrogen-bond acceptors (Lipinski definition) is 7. The Balaban J connectivity index is 1.54. The average Bonchev–Trinajstić information content (AvgIpc) is 2.87. The van der Waals surface area contributed by atoms with Crippen LogP contribution in [0.1, 0.15) is 15.9 Å². The number of nitrogens with one attached hydrogen (secondary N) is 2. The maximum atomic E-state index is 12.4. The standard InChI is InChI=1S/C26H26N2O7/c1-17-8-11-19(12-9-17)27-24(29)16-35-26(31)18-10-13-22(23(14-18)33-3)34-15-25(30)28-20-6-4-5-7-21(20)32-2/h4-14H,15-16H2,1-3H3,(H,27,29)(H,28,30). The zero-order valence-electron chi connectivity index (χ0n) is 19.6. The minimum Gasteiger partial charge on any atom is -0.495 e. The zero-order chi connectivity index (χ0) is 25.2. The molecule has 0 unspecified atom stereocenters. The molecule has 0 aliphatic carbocycles. The van der Waals surface area contributed by atoms with Gasteiger partial charge in [-0.3, -0.25) is 9.59 Å². The van der Waals surface area contributed by atoms with Crippen LogP contribution in [-0.4, -0.2) is 45.2 Å². The van der Waals surface area contributed by atoms with Crippen molar-refractivity contribution in [3.05, 3.63) is 77.9 Å². The van der Waals surface area contributed by atoms with E-state index in [0.717, 1.165) is 5.56 Å². The Labute approximate surface area is 203 Å². The van der Waals surface area contributed by atoms with E-state index >= 15 is 0 Å². The Morgan fingerprint density at radius 3 is 2.14 bits per heavy atom. The predicted molar refractivity (Wildman–Crippen MR) is 130 cm³/mol. The lowest BCUT2D eigenvalue weighted by Gasteiger charge is -2.13. The quantitative estimate of drug-likeness (QED) is 0.426. The van der Waals surface area contributed by atoms with Gasteiger partial charge in [0.15, 0.2) is 24.7 Å². The van der Waals surface area contributed by atoms with Crippen LogP contribution in [0.3, 0.4) is 0 Å². The number of carbonyl (C=O) groups is 3. The Morgan fingerprint density at radius 2 is 1.43 bits per heavy atom. The van der Waals surface area contributed by atoms with E-state index in [-0.39, 0.29) is 23.7 Å². The van der Waals surface area contributed by atoms with Crippen molar-refractivity contribution in [1.29, 1.82) is 0 Å². The van der Waals surface area contributed by atoms with Crippen LogP contribution in [0.2, 0.25) is 0 Å². The van der Waals surface area contributed by atoms with Gasteiger partial charge in [0.05, 0.1) is 25.5 Å². The Kier molecular flexibility index (Phi) is 8.66. The number of amides is 2. The van der Waals surface area contributed by atoms with Crippen LogP contribution >= 0.6 is 0 Å². The molecule has 0 saturated heterocycles. The number of rotatable bonds is 10. The van der Waals surface area contributed by atoms with Crippen molar-refractivity contribution in [3.63, 3.8) is 0 Å². The molecule has 0 fully saturated rings. The van der Waals surface area contributed by atoms with Crippen LogP contribution in [0.5, 0.6) is 17.2 Å². The second-order valence-corrected chi connectivity index (χ2v) is 7.39. The lowest BCUT2D eigenvalue weighted by atomic mass is 10.2. The van der Waals surface area contributed by atoms with Gasteiger partial charge in [-0.05, 0) is 49.4 Å². The smallest absolute Gasteiger partial charge is 0.338 e. The zero-order valence-corrected chi connectivity index (χ0v) is 19.6. The minimum atomic E-state index is -0.706. The number of methoxy groups -OCH3 is 2. The second kappa shape index (κ2) is 12.1. The second-order valence-electron chi connectivity index (χ2n) is 7.39. The fourth-order valence-corrected chi connectivity index (χ4v) is 3.04. The maximum absolute atomic E-state index is 12.4. The summed E-state index contributed by atoms with van der Waals surface area (Å²) in [6.45, 7) is 1.20. The maximum Gasteiger partial charge on any atom is 0.338 e. The van der Waals surface area contributed by atoms with E-state index in [9.17, 15) is 14.4 Å². The van der Waals surface area contributed by atoms with Gasteiger partial charge in [0.2, 0.25) is 0 Å². The molecule has 2 amide bonds. The first-order valence-corrected chi connectivity index (χ1v) is 10.7. The number of benzene rings is 3.